The number of hydrogen-bond donors (Lipinski definition) is 2. The number of carbonyl (C=O) groups is 1. The van der Waals surface area contributed by atoms with E-state index in [1.807, 2.05) is 43.3 Å². The van der Waals surface area contributed by atoms with E-state index in [0.717, 1.165) is 16.9 Å². The zero-order valence-electron chi connectivity index (χ0n) is 9.16. The zero-order valence-corrected chi connectivity index (χ0v) is 9.16. The van der Waals surface area contributed by atoms with Crippen LogP contribution in [0, 0.1) is 0 Å². The molecule has 1 aromatic carbocycles. The first-order valence-electron chi connectivity index (χ1n) is 5.33. The summed E-state index contributed by atoms with van der Waals surface area (Å²) in [4.78, 5) is 14.3. The van der Waals surface area contributed by atoms with Crippen LogP contribution in [0.2, 0.25) is 0 Å². The fourth-order valence-corrected chi connectivity index (χ4v) is 1.50. The number of aromatic amines is 1. The number of amides is 1. The molecule has 2 N–H and O–H groups in total. The van der Waals surface area contributed by atoms with E-state index >= 15 is 0 Å². The molecule has 2 rings (SSSR count). The summed E-state index contributed by atoms with van der Waals surface area (Å²) in [5.41, 5.74) is 2.93. The minimum Gasteiger partial charge on any atom is -0.359 e. The molecule has 0 saturated heterocycles. The first-order chi connectivity index (χ1) is 7.79. The van der Waals surface area contributed by atoms with Crippen molar-refractivity contribution in [2.24, 2.45) is 0 Å². The smallest absolute Gasteiger partial charge is 0.224 e. The number of H-pyrrole nitrogens is 1. The second-order valence-corrected chi connectivity index (χ2v) is 3.57. The maximum atomic E-state index is 11.2. The molecular formula is C13H14N2O. The number of rotatable bonds is 3. The molecule has 1 aromatic heterocycles. The quantitative estimate of drug-likeness (QED) is 0.810. The van der Waals surface area contributed by atoms with E-state index in [1.54, 1.807) is 6.20 Å². The lowest BCUT2D eigenvalue weighted by Gasteiger charge is -1.98. The van der Waals surface area contributed by atoms with Gasteiger partial charge < -0.3 is 10.3 Å². The first-order valence-corrected chi connectivity index (χ1v) is 5.33. The molecule has 3 heteroatoms. The lowest BCUT2D eigenvalue weighted by atomic mass is 10.1. The van der Waals surface area contributed by atoms with Crippen molar-refractivity contribution in [2.75, 3.05) is 5.32 Å². The van der Waals surface area contributed by atoms with E-state index in [4.69, 9.17) is 0 Å². The van der Waals surface area contributed by atoms with Crippen molar-refractivity contribution < 1.29 is 4.79 Å². The van der Waals surface area contributed by atoms with Crippen molar-refractivity contribution in [1.29, 1.82) is 0 Å². The molecule has 0 aliphatic carbocycles. The summed E-state index contributed by atoms with van der Waals surface area (Å²) in [5.74, 6) is 0.0265. The molecule has 0 aliphatic rings. The highest BCUT2D eigenvalue weighted by atomic mass is 16.1. The first kappa shape index (κ1) is 10.5. The van der Waals surface area contributed by atoms with Gasteiger partial charge >= 0.3 is 0 Å². The summed E-state index contributed by atoms with van der Waals surface area (Å²) in [5, 5.41) is 2.81. The molecule has 0 aliphatic heterocycles. The standard InChI is InChI=1S/C13H14N2O/c1-2-13(16)15-11-8-12(14-9-11)10-6-4-3-5-7-10/h3-9,14H,2H2,1H3,(H,15,16). The van der Waals surface area contributed by atoms with Gasteiger partial charge in [-0.25, -0.2) is 0 Å². The van der Waals surface area contributed by atoms with E-state index in [-0.39, 0.29) is 5.91 Å². The van der Waals surface area contributed by atoms with Gasteiger partial charge in [0.1, 0.15) is 0 Å². The summed E-state index contributed by atoms with van der Waals surface area (Å²) in [6.45, 7) is 1.83. The summed E-state index contributed by atoms with van der Waals surface area (Å²) in [6.07, 6.45) is 2.29. The van der Waals surface area contributed by atoms with Gasteiger partial charge in [-0.15, -0.1) is 0 Å². The number of benzene rings is 1. The molecule has 16 heavy (non-hydrogen) atoms. The van der Waals surface area contributed by atoms with Crippen LogP contribution in [-0.4, -0.2) is 10.9 Å². The van der Waals surface area contributed by atoms with E-state index in [1.165, 1.54) is 0 Å². The molecule has 0 atom stereocenters. The van der Waals surface area contributed by atoms with E-state index in [2.05, 4.69) is 10.3 Å². The number of carbonyl (C=O) groups excluding carboxylic acids is 1. The molecule has 0 spiro atoms. The Bertz CT molecular complexity index is 474. The van der Waals surface area contributed by atoms with Crippen molar-refractivity contribution in [2.45, 2.75) is 13.3 Å². The van der Waals surface area contributed by atoms with Crippen LogP contribution in [0.5, 0.6) is 0 Å². The van der Waals surface area contributed by atoms with Crippen LogP contribution in [0.15, 0.2) is 42.6 Å². The highest BCUT2D eigenvalue weighted by molar-refractivity contribution is 5.91. The lowest BCUT2D eigenvalue weighted by Crippen LogP contribution is -2.08. The Kier molecular flexibility index (Phi) is 3.05. The van der Waals surface area contributed by atoms with Crippen LogP contribution in [0.1, 0.15) is 13.3 Å². The van der Waals surface area contributed by atoms with E-state index in [9.17, 15) is 4.79 Å². The van der Waals surface area contributed by atoms with Gasteiger partial charge in [0.25, 0.3) is 0 Å². The minimum atomic E-state index is 0.0265. The molecule has 1 heterocycles. The van der Waals surface area contributed by atoms with Crippen LogP contribution in [-0.2, 0) is 4.79 Å². The molecule has 2 aromatic rings. The highest BCUT2D eigenvalue weighted by Crippen LogP contribution is 2.21. The Hall–Kier alpha value is -2.03. The average molecular weight is 214 g/mol. The molecule has 82 valence electrons. The third-order valence-electron chi connectivity index (χ3n) is 2.37. The highest BCUT2D eigenvalue weighted by Gasteiger charge is 2.03. The van der Waals surface area contributed by atoms with Gasteiger partial charge in [-0.1, -0.05) is 37.3 Å². The monoisotopic (exact) mass is 214 g/mol. The summed E-state index contributed by atoms with van der Waals surface area (Å²) >= 11 is 0. The number of hydrogen-bond acceptors (Lipinski definition) is 1. The minimum absolute atomic E-state index is 0.0265. The molecule has 3 nitrogen and oxygen atoms in total. The van der Waals surface area contributed by atoms with Crippen LogP contribution in [0.25, 0.3) is 11.3 Å². The Labute approximate surface area is 94.5 Å². The lowest BCUT2D eigenvalue weighted by molar-refractivity contribution is -0.115. The second kappa shape index (κ2) is 4.66. The van der Waals surface area contributed by atoms with Crippen molar-refractivity contribution in [1.82, 2.24) is 4.98 Å². The zero-order chi connectivity index (χ0) is 11.4. The normalized spacial score (nSPS) is 10.1. The predicted octanol–water partition coefficient (Wildman–Crippen LogP) is 3.03. The Morgan fingerprint density at radius 2 is 2.06 bits per heavy atom. The van der Waals surface area contributed by atoms with Crippen LogP contribution in [0.4, 0.5) is 5.69 Å². The van der Waals surface area contributed by atoms with Crippen molar-refractivity contribution in [3.8, 4) is 11.3 Å². The topological polar surface area (TPSA) is 44.9 Å². The molecule has 0 fully saturated rings. The fraction of sp³-hybridized carbons (Fsp3) is 0.154. The van der Waals surface area contributed by atoms with E-state index < -0.39 is 0 Å². The number of anilines is 1. The van der Waals surface area contributed by atoms with Gasteiger partial charge in [-0.05, 0) is 11.6 Å². The second-order valence-electron chi connectivity index (χ2n) is 3.57. The molecule has 0 saturated carbocycles. The fourth-order valence-electron chi connectivity index (χ4n) is 1.50. The van der Waals surface area contributed by atoms with Crippen LogP contribution < -0.4 is 5.32 Å². The van der Waals surface area contributed by atoms with Crippen LogP contribution in [0.3, 0.4) is 0 Å². The summed E-state index contributed by atoms with van der Waals surface area (Å²) < 4.78 is 0. The molecule has 0 unspecified atom stereocenters. The summed E-state index contributed by atoms with van der Waals surface area (Å²) in [7, 11) is 0. The van der Waals surface area contributed by atoms with Crippen LogP contribution >= 0.6 is 0 Å². The number of aromatic nitrogens is 1. The number of nitrogens with one attached hydrogen (secondary N) is 2. The van der Waals surface area contributed by atoms with Gasteiger partial charge in [0.2, 0.25) is 5.91 Å². The Morgan fingerprint density at radius 1 is 1.31 bits per heavy atom. The van der Waals surface area contributed by atoms with Gasteiger partial charge in [-0.2, -0.15) is 0 Å². The predicted molar refractivity (Wildman–Crippen MR) is 65.1 cm³/mol. The van der Waals surface area contributed by atoms with Gasteiger partial charge in [0.15, 0.2) is 0 Å². The van der Waals surface area contributed by atoms with Crippen molar-refractivity contribution >= 4 is 11.6 Å². The SMILES string of the molecule is CCC(=O)Nc1c[nH]c(-c2ccccc2)c1. The largest absolute Gasteiger partial charge is 0.359 e. The third kappa shape index (κ3) is 2.31. The maximum absolute atomic E-state index is 11.2. The Morgan fingerprint density at radius 3 is 2.75 bits per heavy atom. The van der Waals surface area contributed by atoms with Gasteiger partial charge in [-0.3, -0.25) is 4.79 Å². The molecule has 0 bridgehead atoms. The molecular weight excluding hydrogens is 200 g/mol. The average Bonchev–Trinajstić information content (AvgIpc) is 2.78. The van der Waals surface area contributed by atoms with Gasteiger partial charge in [0, 0.05) is 18.3 Å². The molecule has 0 radical (unpaired) electrons. The van der Waals surface area contributed by atoms with Gasteiger partial charge in [0.05, 0.1) is 5.69 Å². The Balaban J connectivity index is 2.17. The maximum Gasteiger partial charge on any atom is 0.224 e. The molecule has 1 amide bonds. The van der Waals surface area contributed by atoms with Crippen molar-refractivity contribution in [3.05, 3.63) is 42.6 Å². The summed E-state index contributed by atoms with van der Waals surface area (Å²) in [6, 6.07) is 11.9. The third-order valence-corrected chi connectivity index (χ3v) is 2.37. The van der Waals surface area contributed by atoms with Crippen molar-refractivity contribution in [3.63, 3.8) is 0 Å². The van der Waals surface area contributed by atoms with E-state index in [0.29, 0.717) is 6.42 Å².